The van der Waals surface area contributed by atoms with Crippen LogP contribution in [0.25, 0.3) is 11.1 Å². The van der Waals surface area contributed by atoms with Crippen LogP contribution < -0.4 is 14.8 Å². The molecule has 7 nitrogen and oxygen atoms in total. The number of halogens is 3. The fourth-order valence-corrected chi connectivity index (χ4v) is 4.35. The largest absolute Gasteiger partial charge is 0.484 e. The molecule has 10 heteroatoms. The standard InChI is InChI=1S/C28H31F3N4O3/c1-3-34-12-14-35(15-13-34)18-22-4-7-23(17-25(22)28(29,30)31)33-26(36)19-38-24-8-5-20(6-9-24)21-10-11-32-27(16-21)37-2/h4-11,16-17H,3,12-15,18-19H2,1-2H3,(H,33,36). The fraction of sp³-hybridized carbons (Fsp3) is 0.357. The highest BCUT2D eigenvalue weighted by Crippen LogP contribution is 2.34. The summed E-state index contributed by atoms with van der Waals surface area (Å²) in [5.41, 5.74) is 1.36. The molecule has 1 aliphatic heterocycles. The Kier molecular flexibility index (Phi) is 8.85. The third-order valence-electron chi connectivity index (χ3n) is 6.51. The van der Waals surface area contributed by atoms with Gasteiger partial charge >= 0.3 is 6.18 Å². The SMILES string of the molecule is CCN1CCN(Cc2ccc(NC(=O)COc3ccc(-c4ccnc(OC)c4)cc3)cc2C(F)(F)F)CC1. The average molecular weight is 529 g/mol. The summed E-state index contributed by atoms with van der Waals surface area (Å²) in [6.07, 6.45) is -2.88. The summed E-state index contributed by atoms with van der Waals surface area (Å²) < 4.78 is 52.2. The van der Waals surface area contributed by atoms with Crippen LogP contribution in [0.5, 0.6) is 11.6 Å². The molecule has 0 saturated carbocycles. The van der Waals surface area contributed by atoms with Crippen LogP contribution in [-0.2, 0) is 17.5 Å². The molecule has 0 radical (unpaired) electrons. The van der Waals surface area contributed by atoms with Crippen LogP contribution in [0.4, 0.5) is 18.9 Å². The minimum absolute atomic E-state index is 0.0764. The van der Waals surface area contributed by atoms with Gasteiger partial charge in [0.15, 0.2) is 6.61 Å². The molecule has 3 aromatic rings. The number of nitrogens with one attached hydrogen (secondary N) is 1. The Bertz CT molecular complexity index is 1230. The third kappa shape index (κ3) is 7.23. The second-order valence-corrected chi connectivity index (χ2v) is 9.03. The Hall–Kier alpha value is -3.63. The maximum atomic E-state index is 13.8. The van der Waals surface area contributed by atoms with Gasteiger partial charge in [0.1, 0.15) is 5.75 Å². The molecule has 0 spiro atoms. The van der Waals surface area contributed by atoms with Crippen molar-refractivity contribution in [3.63, 3.8) is 0 Å². The number of carbonyl (C=O) groups is 1. The molecule has 1 fully saturated rings. The number of anilines is 1. The van der Waals surface area contributed by atoms with E-state index in [2.05, 4.69) is 22.1 Å². The van der Waals surface area contributed by atoms with Crippen LogP contribution in [0.3, 0.4) is 0 Å². The van der Waals surface area contributed by atoms with Gasteiger partial charge in [-0.3, -0.25) is 9.69 Å². The molecule has 1 N–H and O–H groups in total. The van der Waals surface area contributed by atoms with Gasteiger partial charge in [-0.1, -0.05) is 25.1 Å². The van der Waals surface area contributed by atoms with Crippen molar-refractivity contribution in [2.75, 3.05) is 51.8 Å². The molecular weight excluding hydrogens is 497 g/mol. The molecule has 0 aliphatic carbocycles. The van der Waals surface area contributed by atoms with Gasteiger partial charge in [0.25, 0.3) is 5.91 Å². The molecule has 38 heavy (non-hydrogen) atoms. The third-order valence-corrected chi connectivity index (χ3v) is 6.51. The molecule has 202 valence electrons. The molecule has 4 rings (SSSR count). The van der Waals surface area contributed by atoms with E-state index in [1.54, 1.807) is 31.5 Å². The van der Waals surface area contributed by atoms with Crippen molar-refractivity contribution < 1.29 is 27.4 Å². The van der Waals surface area contributed by atoms with Crippen LogP contribution in [0.2, 0.25) is 0 Å². The Labute approximate surface area is 220 Å². The summed E-state index contributed by atoms with van der Waals surface area (Å²) in [5.74, 6) is 0.403. The average Bonchev–Trinajstić information content (AvgIpc) is 2.93. The number of rotatable bonds is 9. The van der Waals surface area contributed by atoms with Crippen LogP contribution >= 0.6 is 0 Å². The normalized spacial score (nSPS) is 14.8. The van der Waals surface area contributed by atoms with Crippen molar-refractivity contribution in [1.29, 1.82) is 0 Å². The summed E-state index contributed by atoms with van der Waals surface area (Å²) in [7, 11) is 1.54. The van der Waals surface area contributed by atoms with Gasteiger partial charge in [-0.05, 0) is 53.6 Å². The molecule has 0 unspecified atom stereocenters. The number of carbonyl (C=O) groups excluding carboxylic acids is 1. The number of hydrogen-bond acceptors (Lipinski definition) is 6. The molecule has 0 atom stereocenters. The van der Waals surface area contributed by atoms with E-state index < -0.39 is 17.6 Å². The molecule has 1 aromatic heterocycles. The lowest BCUT2D eigenvalue weighted by atomic mass is 10.0. The lowest BCUT2D eigenvalue weighted by Gasteiger charge is -2.34. The van der Waals surface area contributed by atoms with Gasteiger partial charge < -0.3 is 19.7 Å². The lowest BCUT2D eigenvalue weighted by Crippen LogP contribution is -2.45. The minimum Gasteiger partial charge on any atom is -0.484 e. The van der Waals surface area contributed by atoms with E-state index in [1.165, 1.54) is 12.1 Å². The number of ether oxygens (including phenoxy) is 2. The first-order valence-corrected chi connectivity index (χ1v) is 12.4. The predicted molar refractivity (Wildman–Crippen MR) is 139 cm³/mol. The van der Waals surface area contributed by atoms with E-state index in [0.717, 1.165) is 49.9 Å². The van der Waals surface area contributed by atoms with Gasteiger partial charge in [0.05, 0.1) is 12.7 Å². The number of piperazine rings is 1. The molecular formula is C28H31F3N4O3. The van der Waals surface area contributed by atoms with E-state index in [0.29, 0.717) is 11.6 Å². The number of likely N-dealkylation sites (N-methyl/N-ethyl adjacent to an activating group) is 1. The van der Waals surface area contributed by atoms with Gasteiger partial charge in [-0.2, -0.15) is 13.2 Å². The van der Waals surface area contributed by atoms with E-state index in [4.69, 9.17) is 9.47 Å². The van der Waals surface area contributed by atoms with E-state index >= 15 is 0 Å². The van der Waals surface area contributed by atoms with Crippen LogP contribution in [0.1, 0.15) is 18.1 Å². The van der Waals surface area contributed by atoms with Crippen LogP contribution in [0, 0.1) is 0 Å². The van der Waals surface area contributed by atoms with Gasteiger partial charge in [0, 0.05) is 50.7 Å². The van der Waals surface area contributed by atoms with Crippen molar-refractivity contribution in [3.05, 3.63) is 71.9 Å². The topological polar surface area (TPSA) is 66.9 Å². The van der Waals surface area contributed by atoms with Gasteiger partial charge in [0.2, 0.25) is 5.88 Å². The molecule has 1 saturated heterocycles. The molecule has 0 bridgehead atoms. The second-order valence-electron chi connectivity index (χ2n) is 9.03. The molecule has 2 heterocycles. The van der Waals surface area contributed by atoms with E-state index in [9.17, 15) is 18.0 Å². The summed E-state index contributed by atoms with van der Waals surface area (Å²) in [4.78, 5) is 20.8. The van der Waals surface area contributed by atoms with Crippen molar-refractivity contribution >= 4 is 11.6 Å². The van der Waals surface area contributed by atoms with Crippen molar-refractivity contribution in [3.8, 4) is 22.8 Å². The quantitative estimate of drug-likeness (QED) is 0.425. The predicted octanol–water partition coefficient (Wildman–Crippen LogP) is 4.93. The highest BCUT2D eigenvalue weighted by Gasteiger charge is 2.34. The summed E-state index contributed by atoms with van der Waals surface area (Å²) >= 11 is 0. The smallest absolute Gasteiger partial charge is 0.416 e. The minimum atomic E-state index is -4.53. The fourth-order valence-electron chi connectivity index (χ4n) is 4.35. The number of hydrogen-bond donors (Lipinski definition) is 1. The number of pyridine rings is 1. The Morgan fingerprint density at radius 2 is 1.68 bits per heavy atom. The van der Waals surface area contributed by atoms with E-state index in [1.807, 2.05) is 23.1 Å². The number of methoxy groups -OCH3 is 1. The Morgan fingerprint density at radius 3 is 2.34 bits per heavy atom. The number of aromatic nitrogens is 1. The zero-order valence-corrected chi connectivity index (χ0v) is 21.4. The van der Waals surface area contributed by atoms with Crippen LogP contribution in [-0.4, -0.2) is 67.1 Å². The first kappa shape index (κ1) is 27.4. The highest BCUT2D eigenvalue weighted by atomic mass is 19.4. The van der Waals surface area contributed by atoms with Crippen molar-refractivity contribution in [2.45, 2.75) is 19.6 Å². The Balaban J connectivity index is 1.35. The lowest BCUT2D eigenvalue weighted by molar-refractivity contribution is -0.138. The molecule has 1 amide bonds. The highest BCUT2D eigenvalue weighted by molar-refractivity contribution is 5.92. The Morgan fingerprint density at radius 1 is 0.974 bits per heavy atom. The van der Waals surface area contributed by atoms with Crippen LogP contribution in [0.15, 0.2) is 60.8 Å². The van der Waals surface area contributed by atoms with Gasteiger partial charge in [-0.25, -0.2) is 4.98 Å². The number of alkyl halides is 3. The zero-order valence-electron chi connectivity index (χ0n) is 21.4. The number of nitrogens with zero attached hydrogens (tertiary/aromatic N) is 3. The van der Waals surface area contributed by atoms with Crippen molar-refractivity contribution in [1.82, 2.24) is 14.8 Å². The van der Waals surface area contributed by atoms with E-state index in [-0.39, 0.29) is 24.4 Å². The first-order chi connectivity index (χ1) is 18.2. The monoisotopic (exact) mass is 528 g/mol. The number of amides is 1. The maximum absolute atomic E-state index is 13.8. The molecule has 2 aromatic carbocycles. The summed E-state index contributed by atoms with van der Waals surface area (Å²) in [5, 5.41) is 2.51. The maximum Gasteiger partial charge on any atom is 0.416 e. The first-order valence-electron chi connectivity index (χ1n) is 12.4. The van der Waals surface area contributed by atoms with Gasteiger partial charge in [-0.15, -0.1) is 0 Å². The number of benzene rings is 2. The summed E-state index contributed by atoms with van der Waals surface area (Å²) in [6, 6.07) is 14.7. The second kappa shape index (κ2) is 12.3. The molecule has 1 aliphatic rings. The zero-order chi connectivity index (χ0) is 27.1. The summed E-state index contributed by atoms with van der Waals surface area (Å²) in [6.45, 7) is 6.01. The van der Waals surface area contributed by atoms with Crippen molar-refractivity contribution in [2.24, 2.45) is 0 Å².